The average Bonchev–Trinajstić information content (AvgIpc) is 2.70. The maximum atomic E-state index is 11.0. The zero-order chi connectivity index (χ0) is 11.5. The van der Waals surface area contributed by atoms with Gasteiger partial charge in [-0.2, -0.15) is 0 Å². The van der Waals surface area contributed by atoms with E-state index >= 15 is 0 Å². The molecule has 2 aliphatic rings. The Morgan fingerprint density at radius 2 is 2.38 bits per heavy atom. The first kappa shape index (κ1) is 11.8. The van der Waals surface area contributed by atoms with Crippen molar-refractivity contribution in [2.45, 2.75) is 38.8 Å². The molecule has 2 N–H and O–H groups in total. The molecule has 0 aromatic rings. The number of nitrogens with one attached hydrogen (secondary N) is 2. The number of rotatable bonds is 2. The van der Waals surface area contributed by atoms with Gasteiger partial charge in [0.05, 0.1) is 6.04 Å². The summed E-state index contributed by atoms with van der Waals surface area (Å²) in [7, 11) is 0. The summed E-state index contributed by atoms with van der Waals surface area (Å²) in [6, 6.07) is 0.806. The van der Waals surface area contributed by atoms with Gasteiger partial charge in [-0.25, -0.2) is 0 Å². The smallest absolute Gasteiger partial charge is 0.220 e. The molecule has 1 fully saturated rings. The number of amides is 1. The number of carbonyl (C=O) groups excluding carboxylic acids is 1. The minimum Gasteiger partial charge on any atom is -0.360 e. The molecule has 2 atom stereocenters. The predicted molar refractivity (Wildman–Crippen MR) is 67.7 cm³/mol. The lowest BCUT2D eigenvalue weighted by Crippen LogP contribution is -2.46. The van der Waals surface area contributed by atoms with Gasteiger partial charge in [0.1, 0.15) is 0 Å². The highest BCUT2D eigenvalue weighted by Crippen LogP contribution is 2.22. The van der Waals surface area contributed by atoms with Gasteiger partial charge in [0.15, 0.2) is 5.17 Å². The third-order valence-electron chi connectivity index (χ3n) is 3.04. The van der Waals surface area contributed by atoms with E-state index in [2.05, 4.69) is 29.5 Å². The minimum absolute atomic E-state index is 0.166. The summed E-state index contributed by atoms with van der Waals surface area (Å²) in [6.45, 7) is 5.14. The van der Waals surface area contributed by atoms with Crippen molar-refractivity contribution < 1.29 is 4.79 Å². The Hall–Kier alpha value is -0.710. The third-order valence-corrected chi connectivity index (χ3v) is 4.04. The summed E-state index contributed by atoms with van der Waals surface area (Å²) >= 11 is 1.80. The van der Waals surface area contributed by atoms with E-state index in [1.807, 2.05) is 0 Å². The zero-order valence-electron chi connectivity index (χ0n) is 9.82. The van der Waals surface area contributed by atoms with Gasteiger partial charge in [0.2, 0.25) is 5.91 Å². The normalized spacial score (nSPS) is 30.2. The van der Waals surface area contributed by atoms with Gasteiger partial charge in [-0.3, -0.25) is 9.79 Å². The fourth-order valence-corrected chi connectivity index (χ4v) is 3.09. The van der Waals surface area contributed by atoms with Crippen LogP contribution in [0, 0.1) is 5.92 Å². The monoisotopic (exact) mass is 241 g/mol. The molecular weight excluding hydrogens is 222 g/mol. The number of hydrogen-bond acceptors (Lipinski definition) is 4. The van der Waals surface area contributed by atoms with Crippen molar-refractivity contribution in [2.24, 2.45) is 10.9 Å². The summed E-state index contributed by atoms with van der Waals surface area (Å²) in [4.78, 5) is 15.7. The van der Waals surface area contributed by atoms with E-state index in [9.17, 15) is 4.79 Å². The molecule has 2 heterocycles. The first-order valence-corrected chi connectivity index (χ1v) is 6.87. The SMILES string of the molecule is CC(C)C1CSC(NC2CCC(=O)NC2)=N1. The largest absolute Gasteiger partial charge is 0.360 e. The van der Waals surface area contributed by atoms with Crippen LogP contribution in [-0.2, 0) is 4.79 Å². The van der Waals surface area contributed by atoms with Crippen LogP contribution in [0.4, 0.5) is 0 Å². The predicted octanol–water partition coefficient (Wildman–Crippen LogP) is 0.982. The summed E-state index contributed by atoms with van der Waals surface area (Å²) < 4.78 is 0. The van der Waals surface area contributed by atoms with E-state index in [0.717, 1.165) is 23.9 Å². The highest BCUT2D eigenvalue weighted by Gasteiger charge is 2.24. The quantitative estimate of drug-likeness (QED) is 0.758. The fraction of sp³-hybridized carbons (Fsp3) is 0.818. The second-order valence-corrected chi connectivity index (χ2v) is 5.75. The Kier molecular flexibility index (Phi) is 3.74. The Balaban J connectivity index is 1.82. The number of thioether (sulfide) groups is 1. The molecule has 0 aliphatic carbocycles. The van der Waals surface area contributed by atoms with Crippen LogP contribution in [0.15, 0.2) is 4.99 Å². The van der Waals surface area contributed by atoms with Crippen LogP contribution in [-0.4, -0.2) is 35.5 Å². The Morgan fingerprint density at radius 3 is 2.94 bits per heavy atom. The van der Waals surface area contributed by atoms with Gasteiger partial charge in [-0.15, -0.1) is 0 Å². The van der Waals surface area contributed by atoms with Gasteiger partial charge in [0.25, 0.3) is 0 Å². The van der Waals surface area contributed by atoms with Crippen molar-refractivity contribution in [3.8, 4) is 0 Å². The van der Waals surface area contributed by atoms with E-state index in [1.54, 1.807) is 11.8 Å². The standard InChI is InChI=1S/C11H19N3OS/c1-7(2)9-6-16-11(14-9)13-8-3-4-10(15)12-5-8/h7-9H,3-6H2,1-2H3,(H,12,15)(H,13,14). The molecule has 0 bridgehead atoms. The van der Waals surface area contributed by atoms with Crippen LogP contribution in [0.3, 0.4) is 0 Å². The van der Waals surface area contributed by atoms with E-state index in [0.29, 0.717) is 24.4 Å². The molecule has 0 aromatic carbocycles. The molecule has 16 heavy (non-hydrogen) atoms. The zero-order valence-corrected chi connectivity index (χ0v) is 10.6. The first-order valence-electron chi connectivity index (χ1n) is 5.89. The molecule has 1 amide bonds. The van der Waals surface area contributed by atoms with Gasteiger partial charge < -0.3 is 10.6 Å². The van der Waals surface area contributed by atoms with Gasteiger partial charge in [-0.1, -0.05) is 25.6 Å². The average molecular weight is 241 g/mol. The van der Waals surface area contributed by atoms with Crippen LogP contribution in [0.1, 0.15) is 26.7 Å². The molecular formula is C11H19N3OS. The molecule has 4 nitrogen and oxygen atoms in total. The van der Waals surface area contributed by atoms with Crippen molar-refractivity contribution in [3.63, 3.8) is 0 Å². The summed E-state index contributed by atoms with van der Waals surface area (Å²) in [5.74, 6) is 1.86. The molecule has 2 rings (SSSR count). The van der Waals surface area contributed by atoms with E-state index in [1.165, 1.54) is 0 Å². The minimum atomic E-state index is 0.166. The topological polar surface area (TPSA) is 53.5 Å². The summed E-state index contributed by atoms with van der Waals surface area (Å²) in [5.41, 5.74) is 0. The number of piperidine rings is 1. The lowest BCUT2D eigenvalue weighted by Gasteiger charge is -2.23. The maximum Gasteiger partial charge on any atom is 0.220 e. The maximum absolute atomic E-state index is 11.0. The van der Waals surface area contributed by atoms with E-state index in [4.69, 9.17) is 0 Å². The first-order chi connectivity index (χ1) is 7.65. The van der Waals surface area contributed by atoms with Crippen molar-refractivity contribution in [1.29, 1.82) is 0 Å². The van der Waals surface area contributed by atoms with Crippen molar-refractivity contribution in [1.82, 2.24) is 10.6 Å². The molecule has 2 unspecified atom stereocenters. The molecule has 90 valence electrons. The van der Waals surface area contributed by atoms with E-state index in [-0.39, 0.29) is 5.91 Å². The fourth-order valence-electron chi connectivity index (χ4n) is 1.84. The molecule has 0 saturated carbocycles. The second-order valence-electron chi connectivity index (χ2n) is 4.74. The van der Waals surface area contributed by atoms with Gasteiger partial charge >= 0.3 is 0 Å². The molecule has 1 saturated heterocycles. The number of aliphatic imine (C=N–C) groups is 1. The Morgan fingerprint density at radius 1 is 1.56 bits per heavy atom. The van der Waals surface area contributed by atoms with Crippen molar-refractivity contribution in [2.75, 3.05) is 12.3 Å². The van der Waals surface area contributed by atoms with Crippen LogP contribution in [0.25, 0.3) is 0 Å². The lowest BCUT2D eigenvalue weighted by atomic mass is 10.1. The van der Waals surface area contributed by atoms with Crippen LogP contribution in [0.2, 0.25) is 0 Å². The molecule has 5 heteroatoms. The molecule has 2 aliphatic heterocycles. The number of hydrogen-bond donors (Lipinski definition) is 2. The van der Waals surface area contributed by atoms with Crippen LogP contribution >= 0.6 is 11.8 Å². The molecule has 0 aromatic heterocycles. The Bertz CT molecular complexity index is 294. The lowest BCUT2D eigenvalue weighted by molar-refractivity contribution is -0.122. The highest BCUT2D eigenvalue weighted by atomic mass is 32.2. The summed E-state index contributed by atoms with van der Waals surface area (Å²) in [6.07, 6.45) is 1.54. The van der Waals surface area contributed by atoms with Crippen molar-refractivity contribution in [3.05, 3.63) is 0 Å². The molecule has 0 radical (unpaired) electrons. The number of nitrogens with zero attached hydrogens (tertiary/aromatic N) is 1. The summed E-state index contributed by atoms with van der Waals surface area (Å²) in [5, 5.41) is 7.35. The molecule has 0 spiro atoms. The van der Waals surface area contributed by atoms with Crippen LogP contribution < -0.4 is 10.6 Å². The third kappa shape index (κ3) is 2.90. The highest BCUT2D eigenvalue weighted by molar-refractivity contribution is 8.14. The van der Waals surface area contributed by atoms with Crippen molar-refractivity contribution >= 4 is 22.8 Å². The second kappa shape index (κ2) is 5.08. The van der Waals surface area contributed by atoms with E-state index < -0.39 is 0 Å². The van der Waals surface area contributed by atoms with Gasteiger partial charge in [0, 0.05) is 24.8 Å². The number of amidine groups is 1. The Labute approximate surface area is 101 Å². The van der Waals surface area contributed by atoms with Crippen LogP contribution in [0.5, 0.6) is 0 Å². The number of carbonyl (C=O) groups is 1. The van der Waals surface area contributed by atoms with Gasteiger partial charge in [-0.05, 0) is 12.3 Å².